The highest BCUT2D eigenvalue weighted by molar-refractivity contribution is 9.10. The molecule has 1 aromatic carbocycles. The number of nitrogens with zero attached hydrogens (tertiary/aromatic N) is 1. The number of hydrogen-bond acceptors (Lipinski definition) is 2. The van der Waals surface area contributed by atoms with Crippen molar-refractivity contribution >= 4 is 21.6 Å². The molecule has 114 valence electrons. The fraction of sp³-hybridized carbons (Fsp3) is 0.571. The van der Waals surface area contributed by atoms with E-state index in [1.54, 1.807) is 0 Å². The summed E-state index contributed by atoms with van der Waals surface area (Å²) in [6.07, 6.45) is -4.31. The number of halogens is 4. The van der Waals surface area contributed by atoms with E-state index in [2.05, 4.69) is 40.0 Å². The summed E-state index contributed by atoms with van der Waals surface area (Å²) < 4.78 is 38.1. The van der Waals surface area contributed by atoms with Gasteiger partial charge in [0.15, 0.2) is 0 Å². The van der Waals surface area contributed by atoms with Crippen LogP contribution in [0.5, 0.6) is 0 Å². The van der Waals surface area contributed by atoms with Crippen LogP contribution in [0.25, 0.3) is 0 Å². The first kappa shape index (κ1) is 17.3. The van der Waals surface area contributed by atoms with Crippen molar-refractivity contribution in [3.05, 3.63) is 28.2 Å². The topological polar surface area (TPSA) is 15.3 Å². The minimum Gasteiger partial charge on any atom is -0.384 e. The summed E-state index contributed by atoms with van der Waals surface area (Å²) in [6.45, 7) is 5.78. The van der Waals surface area contributed by atoms with Crippen LogP contribution in [0.3, 0.4) is 0 Å². The second kappa shape index (κ2) is 6.35. The van der Waals surface area contributed by atoms with Crippen LogP contribution in [-0.2, 0) is 6.18 Å². The minimum atomic E-state index is -4.31. The molecular weight excluding hydrogens is 333 g/mol. The van der Waals surface area contributed by atoms with Gasteiger partial charge in [-0.15, -0.1) is 0 Å². The van der Waals surface area contributed by atoms with Crippen molar-refractivity contribution < 1.29 is 13.2 Å². The molecule has 0 aliphatic carbocycles. The lowest BCUT2D eigenvalue weighted by atomic mass is 9.93. The van der Waals surface area contributed by atoms with E-state index >= 15 is 0 Å². The number of benzene rings is 1. The van der Waals surface area contributed by atoms with Crippen molar-refractivity contribution in [3.8, 4) is 0 Å². The number of hydrogen-bond donors (Lipinski definition) is 1. The molecule has 20 heavy (non-hydrogen) atoms. The molecule has 0 heterocycles. The fourth-order valence-corrected chi connectivity index (χ4v) is 2.60. The summed E-state index contributed by atoms with van der Waals surface area (Å²) in [5, 5.41) is 3.20. The maximum Gasteiger partial charge on any atom is 0.416 e. The molecule has 0 atom stereocenters. The van der Waals surface area contributed by atoms with Crippen molar-refractivity contribution in [3.63, 3.8) is 0 Å². The van der Waals surface area contributed by atoms with E-state index in [1.165, 1.54) is 6.07 Å². The predicted molar refractivity (Wildman–Crippen MR) is 80.0 cm³/mol. The lowest BCUT2D eigenvalue weighted by Crippen LogP contribution is -2.34. The van der Waals surface area contributed by atoms with Crippen LogP contribution in [0.2, 0.25) is 0 Å². The van der Waals surface area contributed by atoms with Gasteiger partial charge >= 0.3 is 6.18 Å². The third kappa shape index (κ3) is 5.32. The smallest absolute Gasteiger partial charge is 0.384 e. The van der Waals surface area contributed by atoms with Crippen molar-refractivity contribution in [2.45, 2.75) is 20.0 Å². The van der Waals surface area contributed by atoms with E-state index < -0.39 is 11.7 Å². The van der Waals surface area contributed by atoms with Crippen molar-refractivity contribution in [2.75, 3.05) is 32.5 Å². The summed E-state index contributed by atoms with van der Waals surface area (Å²) in [7, 11) is 3.99. The fourth-order valence-electron chi connectivity index (χ4n) is 2.08. The molecule has 0 aliphatic heterocycles. The number of rotatable bonds is 5. The predicted octanol–water partition coefficient (Wildman–Crippen LogP) is 4.47. The molecule has 0 unspecified atom stereocenters. The Morgan fingerprint density at radius 3 is 2.25 bits per heavy atom. The molecule has 1 aromatic rings. The molecule has 6 heteroatoms. The van der Waals surface area contributed by atoms with Crippen molar-refractivity contribution in [1.29, 1.82) is 0 Å². The lowest BCUT2D eigenvalue weighted by molar-refractivity contribution is -0.137. The van der Waals surface area contributed by atoms with Gasteiger partial charge in [0, 0.05) is 23.2 Å². The standard InChI is InChI=1S/C14H20BrF3N2/c1-13(2,9-20(3)4)8-19-12-6-5-10(7-11(12)15)14(16,17)18/h5-7,19H,8-9H2,1-4H3. The maximum atomic E-state index is 12.6. The molecule has 0 aliphatic rings. The van der Waals surface area contributed by atoms with E-state index in [0.29, 0.717) is 16.7 Å². The summed E-state index contributed by atoms with van der Waals surface area (Å²) in [6, 6.07) is 3.64. The van der Waals surface area contributed by atoms with Crippen LogP contribution in [0.15, 0.2) is 22.7 Å². The highest BCUT2D eigenvalue weighted by atomic mass is 79.9. The third-order valence-corrected chi connectivity index (χ3v) is 3.45. The van der Waals surface area contributed by atoms with E-state index in [9.17, 15) is 13.2 Å². The third-order valence-electron chi connectivity index (χ3n) is 2.80. The van der Waals surface area contributed by atoms with E-state index in [4.69, 9.17) is 0 Å². The highest BCUT2D eigenvalue weighted by Gasteiger charge is 2.30. The SMILES string of the molecule is CN(C)CC(C)(C)CNc1ccc(C(F)(F)F)cc1Br. The van der Waals surface area contributed by atoms with Crippen LogP contribution in [0.4, 0.5) is 18.9 Å². The molecule has 0 fully saturated rings. The van der Waals surface area contributed by atoms with Gasteiger partial charge in [-0.2, -0.15) is 13.2 Å². The largest absolute Gasteiger partial charge is 0.416 e. The molecule has 1 N–H and O–H groups in total. The minimum absolute atomic E-state index is 0.0195. The van der Waals surface area contributed by atoms with Gasteiger partial charge in [0.05, 0.1) is 5.56 Å². The second-order valence-corrected chi connectivity index (χ2v) is 6.80. The van der Waals surface area contributed by atoms with E-state index in [0.717, 1.165) is 18.7 Å². The first-order chi connectivity index (χ1) is 9.01. The Kier molecular flexibility index (Phi) is 5.49. The second-order valence-electron chi connectivity index (χ2n) is 5.95. The van der Waals surface area contributed by atoms with Crippen molar-refractivity contribution in [1.82, 2.24) is 4.90 Å². The first-order valence-electron chi connectivity index (χ1n) is 6.27. The molecule has 0 saturated carbocycles. The van der Waals surface area contributed by atoms with Gasteiger partial charge in [-0.25, -0.2) is 0 Å². The van der Waals surface area contributed by atoms with Gasteiger partial charge < -0.3 is 10.2 Å². The Labute approximate surface area is 126 Å². The Morgan fingerprint density at radius 2 is 1.80 bits per heavy atom. The maximum absolute atomic E-state index is 12.6. The van der Waals surface area contributed by atoms with E-state index in [1.807, 2.05) is 14.1 Å². The van der Waals surface area contributed by atoms with Crippen LogP contribution in [0.1, 0.15) is 19.4 Å². The highest BCUT2D eigenvalue weighted by Crippen LogP contribution is 2.34. The van der Waals surface area contributed by atoms with Gasteiger partial charge in [-0.3, -0.25) is 0 Å². The van der Waals surface area contributed by atoms with Crippen LogP contribution >= 0.6 is 15.9 Å². The molecular formula is C14H20BrF3N2. The summed E-state index contributed by atoms with van der Waals surface area (Å²) in [4.78, 5) is 2.09. The van der Waals surface area contributed by atoms with Crippen LogP contribution < -0.4 is 5.32 Å². The van der Waals surface area contributed by atoms with E-state index in [-0.39, 0.29) is 5.41 Å². The molecule has 0 aromatic heterocycles. The quantitative estimate of drug-likeness (QED) is 0.840. The normalized spacial score (nSPS) is 12.8. The first-order valence-corrected chi connectivity index (χ1v) is 7.06. The van der Waals surface area contributed by atoms with Gasteiger partial charge in [0.2, 0.25) is 0 Å². The molecule has 0 bridgehead atoms. The Morgan fingerprint density at radius 1 is 1.20 bits per heavy atom. The Hall–Kier alpha value is -0.750. The van der Waals surface area contributed by atoms with Crippen LogP contribution in [-0.4, -0.2) is 32.1 Å². The number of anilines is 1. The van der Waals surface area contributed by atoms with Crippen molar-refractivity contribution in [2.24, 2.45) is 5.41 Å². The van der Waals surface area contributed by atoms with Gasteiger partial charge in [-0.1, -0.05) is 13.8 Å². The zero-order valence-electron chi connectivity index (χ0n) is 12.1. The molecule has 0 radical (unpaired) electrons. The van der Waals surface area contributed by atoms with Gasteiger partial charge in [0.1, 0.15) is 0 Å². The Balaban J connectivity index is 2.75. The molecule has 1 rings (SSSR count). The Bertz CT molecular complexity index is 456. The lowest BCUT2D eigenvalue weighted by Gasteiger charge is -2.29. The zero-order valence-corrected chi connectivity index (χ0v) is 13.7. The molecule has 0 amide bonds. The van der Waals surface area contributed by atoms with Gasteiger partial charge in [0.25, 0.3) is 0 Å². The average Bonchev–Trinajstić information content (AvgIpc) is 2.24. The van der Waals surface area contributed by atoms with Gasteiger partial charge in [-0.05, 0) is 53.6 Å². The summed E-state index contributed by atoms with van der Waals surface area (Å²) in [5.41, 5.74) is 0.0401. The molecule has 0 spiro atoms. The zero-order chi connectivity index (χ0) is 15.6. The molecule has 2 nitrogen and oxygen atoms in total. The molecule has 0 saturated heterocycles. The summed E-state index contributed by atoms with van der Waals surface area (Å²) >= 11 is 3.19. The average molecular weight is 353 g/mol. The monoisotopic (exact) mass is 352 g/mol. The summed E-state index contributed by atoms with van der Waals surface area (Å²) in [5.74, 6) is 0. The van der Waals surface area contributed by atoms with Crippen LogP contribution in [0, 0.1) is 5.41 Å². The number of alkyl halides is 3. The number of nitrogens with one attached hydrogen (secondary N) is 1.